The molecule has 0 spiro atoms. The lowest BCUT2D eigenvalue weighted by molar-refractivity contribution is 0.356. The zero-order valence-electron chi connectivity index (χ0n) is 14.4. The van der Waals surface area contributed by atoms with Crippen molar-refractivity contribution in [2.24, 2.45) is 11.8 Å². The minimum absolute atomic E-state index is 0.255. The average Bonchev–Trinajstić information content (AvgIpc) is 3.20. The number of hydrogen-bond acceptors (Lipinski definition) is 1. The van der Waals surface area contributed by atoms with Crippen LogP contribution in [0.3, 0.4) is 0 Å². The Balaban J connectivity index is 1.94. The largest absolute Gasteiger partial charge is 0.371 e. The zero-order valence-corrected chi connectivity index (χ0v) is 14.4. The fraction of sp³-hybridized carbons (Fsp3) is 0.700. The van der Waals surface area contributed by atoms with Crippen molar-refractivity contribution in [3.8, 4) is 0 Å². The fourth-order valence-corrected chi connectivity index (χ4v) is 3.89. The van der Waals surface area contributed by atoms with Gasteiger partial charge in [-0.1, -0.05) is 46.8 Å². The van der Waals surface area contributed by atoms with Gasteiger partial charge in [0.2, 0.25) is 0 Å². The first-order valence-corrected chi connectivity index (χ1v) is 8.74. The van der Waals surface area contributed by atoms with Crippen molar-refractivity contribution in [1.29, 1.82) is 0 Å². The molecule has 0 radical (unpaired) electrons. The molecule has 1 aliphatic heterocycles. The molecule has 0 N–H and O–H groups in total. The highest BCUT2D eigenvalue weighted by Gasteiger charge is 2.31. The van der Waals surface area contributed by atoms with Crippen LogP contribution < -0.4 is 4.90 Å². The lowest BCUT2D eigenvalue weighted by Gasteiger charge is -2.38. The van der Waals surface area contributed by atoms with Crippen LogP contribution in [-0.2, 0) is 5.41 Å². The van der Waals surface area contributed by atoms with Gasteiger partial charge in [-0.2, -0.15) is 0 Å². The van der Waals surface area contributed by atoms with E-state index in [0.29, 0.717) is 0 Å². The molecule has 1 aromatic rings. The van der Waals surface area contributed by atoms with Gasteiger partial charge in [-0.05, 0) is 59.6 Å². The molecule has 116 valence electrons. The molecule has 1 heteroatoms. The molecule has 0 aromatic heterocycles. The van der Waals surface area contributed by atoms with E-state index in [2.05, 4.69) is 57.7 Å². The second-order valence-electron chi connectivity index (χ2n) is 8.65. The standard InChI is InChI=1S/C20H31N/c1-14-10-15(2)13-21(12-14)19-9-8-17(20(3,4)5)11-18(19)16-6-7-16/h8-9,11,14-16H,6-7,10,12-13H2,1-5H3/t14-,15+. The molecule has 1 heterocycles. The molecule has 1 saturated heterocycles. The van der Waals surface area contributed by atoms with E-state index in [1.165, 1.54) is 43.6 Å². The van der Waals surface area contributed by atoms with Gasteiger partial charge in [0.1, 0.15) is 0 Å². The molecule has 1 aliphatic carbocycles. The zero-order chi connectivity index (χ0) is 15.2. The fourth-order valence-electron chi connectivity index (χ4n) is 3.89. The van der Waals surface area contributed by atoms with Gasteiger partial charge in [-0.3, -0.25) is 0 Å². The molecule has 2 atom stereocenters. The molecule has 0 unspecified atom stereocenters. The predicted molar refractivity (Wildman–Crippen MR) is 92.3 cm³/mol. The van der Waals surface area contributed by atoms with E-state index in [4.69, 9.17) is 0 Å². The molecular weight excluding hydrogens is 254 g/mol. The van der Waals surface area contributed by atoms with Crippen LogP contribution >= 0.6 is 0 Å². The summed E-state index contributed by atoms with van der Waals surface area (Å²) in [5.74, 6) is 2.47. The predicted octanol–water partition coefficient (Wildman–Crippen LogP) is 5.34. The van der Waals surface area contributed by atoms with Crippen molar-refractivity contribution in [3.05, 3.63) is 29.3 Å². The van der Waals surface area contributed by atoms with E-state index in [9.17, 15) is 0 Å². The van der Waals surface area contributed by atoms with Crippen LogP contribution in [-0.4, -0.2) is 13.1 Å². The maximum Gasteiger partial charge on any atom is 0.0401 e. The van der Waals surface area contributed by atoms with Gasteiger partial charge in [0.25, 0.3) is 0 Å². The van der Waals surface area contributed by atoms with Gasteiger partial charge < -0.3 is 4.90 Å². The molecule has 2 aliphatic rings. The van der Waals surface area contributed by atoms with E-state index in [0.717, 1.165) is 17.8 Å². The molecular formula is C20H31N. The average molecular weight is 285 g/mol. The second kappa shape index (κ2) is 5.34. The van der Waals surface area contributed by atoms with Crippen LogP contribution in [0.2, 0.25) is 0 Å². The summed E-state index contributed by atoms with van der Waals surface area (Å²) in [4.78, 5) is 2.67. The Morgan fingerprint density at radius 2 is 1.62 bits per heavy atom. The van der Waals surface area contributed by atoms with Crippen molar-refractivity contribution < 1.29 is 0 Å². The van der Waals surface area contributed by atoms with Gasteiger partial charge in [0.15, 0.2) is 0 Å². The third-order valence-corrected chi connectivity index (χ3v) is 5.12. The van der Waals surface area contributed by atoms with Crippen LogP contribution in [0.4, 0.5) is 5.69 Å². The quantitative estimate of drug-likeness (QED) is 0.708. The number of benzene rings is 1. The summed E-state index contributed by atoms with van der Waals surface area (Å²) in [5.41, 5.74) is 4.91. The van der Waals surface area contributed by atoms with Crippen LogP contribution in [0, 0.1) is 11.8 Å². The number of hydrogen-bond donors (Lipinski definition) is 0. The Labute approximate surface area is 130 Å². The van der Waals surface area contributed by atoms with Crippen LogP contribution in [0.5, 0.6) is 0 Å². The van der Waals surface area contributed by atoms with Crippen LogP contribution in [0.25, 0.3) is 0 Å². The molecule has 2 fully saturated rings. The SMILES string of the molecule is C[C@@H]1C[C@H](C)CN(c2ccc(C(C)(C)C)cc2C2CC2)C1. The number of nitrogens with zero attached hydrogens (tertiary/aromatic N) is 1. The highest BCUT2D eigenvalue weighted by Crippen LogP contribution is 2.46. The van der Waals surface area contributed by atoms with E-state index >= 15 is 0 Å². The number of anilines is 1. The van der Waals surface area contributed by atoms with E-state index in [1.807, 2.05) is 0 Å². The summed E-state index contributed by atoms with van der Waals surface area (Å²) in [7, 11) is 0. The first-order valence-electron chi connectivity index (χ1n) is 8.74. The summed E-state index contributed by atoms with van der Waals surface area (Å²) in [5, 5.41) is 0. The van der Waals surface area contributed by atoms with Crippen molar-refractivity contribution in [1.82, 2.24) is 0 Å². The van der Waals surface area contributed by atoms with Gasteiger partial charge in [-0.15, -0.1) is 0 Å². The highest BCUT2D eigenvalue weighted by atomic mass is 15.1. The van der Waals surface area contributed by atoms with E-state index in [1.54, 1.807) is 5.56 Å². The van der Waals surface area contributed by atoms with Crippen molar-refractivity contribution in [3.63, 3.8) is 0 Å². The lowest BCUT2D eigenvalue weighted by Crippen LogP contribution is -2.39. The molecule has 0 amide bonds. The minimum atomic E-state index is 0.255. The monoisotopic (exact) mass is 285 g/mol. The summed E-state index contributed by atoms with van der Waals surface area (Å²) in [6, 6.07) is 7.29. The Bertz CT molecular complexity index is 497. The van der Waals surface area contributed by atoms with E-state index < -0.39 is 0 Å². The van der Waals surface area contributed by atoms with Gasteiger partial charge in [0.05, 0.1) is 0 Å². The molecule has 0 bridgehead atoms. The minimum Gasteiger partial charge on any atom is -0.371 e. The van der Waals surface area contributed by atoms with Gasteiger partial charge >= 0.3 is 0 Å². The van der Waals surface area contributed by atoms with Gasteiger partial charge in [-0.25, -0.2) is 0 Å². The first-order chi connectivity index (χ1) is 9.84. The Morgan fingerprint density at radius 1 is 1.00 bits per heavy atom. The maximum atomic E-state index is 2.67. The summed E-state index contributed by atoms with van der Waals surface area (Å²) in [6.45, 7) is 14.3. The third-order valence-electron chi connectivity index (χ3n) is 5.12. The first kappa shape index (κ1) is 14.9. The third kappa shape index (κ3) is 3.27. The smallest absolute Gasteiger partial charge is 0.0401 e. The Morgan fingerprint density at radius 3 is 2.14 bits per heavy atom. The molecule has 1 nitrogen and oxygen atoms in total. The van der Waals surface area contributed by atoms with Crippen LogP contribution in [0.1, 0.15) is 70.9 Å². The molecule has 1 aromatic carbocycles. The maximum absolute atomic E-state index is 2.67. The van der Waals surface area contributed by atoms with Crippen molar-refractivity contribution in [2.45, 2.75) is 65.2 Å². The second-order valence-corrected chi connectivity index (χ2v) is 8.65. The summed E-state index contributed by atoms with van der Waals surface area (Å²) >= 11 is 0. The normalized spacial score (nSPS) is 27.0. The molecule has 3 rings (SSSR count). The van der Waals surface area contributed by atoms with Crippen LogP contribution in [0.15, 0.2) is 18.2 Å². The number of piperidine rings is 1. The topological polar surface area (TPSA) is 3.24 Å². The molecule has 1 saturated carbocycles. The molecule has 21 heavy (non-hydrogen) atoms. The van der Waals surface area contributed by atoms with Crippen molar-refractivity contribution in [2.75, 3.05) is 18.0 Å². The summed E-state index contributed by atoms with van der Waals surface area (Å²) in [6.07, 6.45) is 4.16. The Hall–Kier alpha value is -0.980. The van der Waals surface area contributed by atoms with Crippen molar-refractivity contribution >= 4 is 5.69 Å². The Kier molecular flexibility index (Phi) is 3.80. The highest BCUT2D eigenvalue weighted by molar-refractivity contribution is 5.59. The summed E-state index contributed by atoms with van der Waals surface area (Å²) < 4.78 is 0. The lowest BCUT2D eigenvalue weighted by atomic mass is 9.84. The number of rotatable bonds is 2. The van der Waals surface area contributed by atoms with Gasteiger partial charge in [0, 0.05) is 18.8 Å². The van der Waals surface area contributed by atoms with E-state index in [-0.39, 0.29) is 5.41 Å².